The molecule has 1 fully saturated rings. The van der Waals surface area contributed by atoms with Crippen LogP contribution in [0.4, 0.5) is 22.7 Å². The Morgan fingerprint density at radius 2 is 1.56 bits per heavy atom. The minimum atomic E-state index is -0.424. The summed E-state index contributed by atoms with van der Waals surface area (Å²) in [5.41, 5.74) is 2.38. The lowest BCUT2D eigenvalue weighted by Gasteiger charge is -2.30. The molecule has 1 aliphatic heterocycles. The molecule has 2 N–H and O–H groups in total. The number of hydrogen-bond acceptors (Lipinski definition) is 4. The first-order valence-electron chi connectivity index (χ1n) is 8.30. The van der Waals surface area contributed by atoms with Gasteiger partial charge in [0.1, 0.15) is 5.69 Å². The van der Waals surface area contributed by atoms with Gasteiger partial charge in [-0.05, 0) is 49.7 Å². The molecule has 6 nitrogen and oxygen atoms in total. The molecule has 0 spiro atoms. The summed E-state index contributed by atoms with van der Waals surface area (Å²) < 4.78 is 0. The lowest BCUT2D eigenvalue weighted by atomic mass is 10.1. The van der Waals surface area contributed by atoms with Gasteiger partial charge in [0, 0.05) is 19.2 Å². The molecule has 2 aromatic carbocycles. The first kappa shape index (κ1) is 17.2. The van der Waals surface area contributed by atoms with Gasteiger partial charge >= 0.3 is 0 Å². The number of rotatable bonds is 4. The molecule has 1 heterocycles. The van der Waals surface area contributed by atoms with Crippen LogP contribution in [0.2, 0.25) is 0 Å². The molecule has 3 rings (SSSR count). The van der Waals surface area contributed by atoms with Gasteiger partial charge in [-0.2, -0.15) is 0 Å². The zero-order valence-corrected chi connectivity index (χ0v) is 14.6. The summed E-state index contributed by atoms with van der Waals surface area (Å²) in [4.78, 5) is 13.0. The Morgan fingerprint density at radius 1 is 0.960 bits per heavy atom. The van der Waals surface area contributed by atoms with Crippen LogP contribution in [0.3, 0.4) is 0 Å². The first-order chi connectivity index (χ1) is 12.1. The van der Waals surface area contributed by atoms with Crippen molar-refractivity contribution in [1.29, 1.82) is 0 Å². The molecule has 0 atom stereocenters. The van der Waals surface area contributed by atoms with Crippen LogP contribution in [-0.2, 0) is 0 Å². The molecule has 0 amide bonds. The van der Waals surface area contributed by atoms with Crippen molar-refractivity contribution in [2.75, 3.05) is 28.6 Å². The first-order valence-corrected chi connectivity index (χ1v) is 8.71. The fourth-order valence-electron chi connectivity index (χ4n) is 3.00. The number of nitro benzene ring substituents is 1. The van der Waals surface area contributed by atoms with Crippen molar-refractivity contribution in [3.05, 3.63) is 58.6 Å². The smallest absolute Gasteiger partial charge is 0.292 e. The average Bonchev–Trinajstić information content (AvgIpc) is 2.63. The molecule has 2 aromatic rings. The van der Waals surface area contributed by atoms with E-state index in [-0.39, 0.29) is 5.69 Å². The van der Waals surface area contributed by atoms with Gasteiger partial charge in [-0.1, -0.05) is 24.3 Å². The van der Waals surface area contributed by atoms with Crippen LogP contribution in [0.1, 0.15) is 19.3 Å². The summed E-state index contributed by atoms with van der Waals surface area (Å²) in [7, 11) is 0. The van der Waals surface area contributed by atoms with Crippen LogP contribution < -0.4 is 15.5 Å². The minimum Gasteiger partial charge on any atom is -0.370 e. The van der Waals surface area contributed by atoms with Crippen molar-refractivity contribution in [2.45, 2.75) is 19.3 Å². The topological polar surface area (TPSA) is 70.4 Å². The predicted octanol–water partition coefficient (Wildman–Crippen LogP) is 4.39. The summed E-state index contributed by atoms with van der Waals surface area (Å²) in [6.07, 6.45) is 3.64. The Balaban J connectivity index is 1.75. The fraction of sp³-hybridized carbons (Fsp3) is 0.278. The molecular weight excluding hydrogens is 336 g/mol. The standard InChI is InChI=1S/C18H20N4O2S/c23-22(24)17-11-5-3-9-15(17)20-18(25)19-14-8-2-4-10-16(14)21-12-6-1-7-13-21/h2-5,8-11H,1,6-7,12-13H2,(H2,19,20,25). The van der Waals surface area contributed by atoms with E-state index in [9.17, 15) is 10.1 Å². The van der Waals surface area contributed by atoms with E-state index in [4.69, 9.17) is 12.2 Å². The Morgan fingerprint density at radius 3 is 2.28 bits per heavy atom. The number of nitrogens with zero attached hydrogens (tertiary/aromatic N) is 2. The van der Waals surface area contributed by atoms with Crippen LogP contribution in [-0.4, -0.2) is 23.1 Å². The lowest BCUT2D eigenvalue weighted by Crippen LogP contribution is -2.30. The van der Waals surface area contributed by atoms with Crippen molar-refractivity contribution < 1.29 is 4.92 Å². The van der Waals surface area contributed by atoms with Crippen molar-refractivity contribution in [3.63, 3.8) is 0 Å². The minimum absolute atomic E-state index is 0.00374. The highest BCUT2D eigenvalue weighted by atomic mass is 32.1. The zero-order chi connectivity index (χ0) is 17.6. The van der Waals surface area contributed by atoms with Crippen molar-refractivity contribution in [1.82, 2.24) is 0 Å². The maximum absolute atomic E-state index is 11.1. The van der Waals surface area contributed by atoms with Crippen molar-refractivity contribution in [2.24, 2.45) is 0 Å². The van der Waals surface area contributed by atoms with Gasteiger partial charge in [0.05, 0.1) is 16.3 Å². The largest absolute Gasteiger partial charge is 0.370 e. The Labute approximate surface area is 152 Å². The van der Waals surface area contributed by atoms with E-state index < -0.39 is 4.92 Å². The van der Waals surface area contributed by atoms with Crippen LogP contribution in [0, 0.1) is 10.1 Å². The van der Waals surface area contributed by atoms with Crippen LogP contribution in [0.15, 0.2) is 48.5 Å². The maximum Gasteiger partial charge on any atom is 0.292 e. The van der Waals surface area contributed by atoms with Crippen molar-refractivity contribution >= 4 is 40.1 Å². The third-order valence-electron chi connectivity index (χ3n) is 4.20. The van der Waals surface area contributed by atoms with Crippen LogP contribution in [0.5, 0.6) is 0 Å². The number of para-hydroxylation sites is 4. The molecule has 1 saturated heterocycles. The van der Waals surface area contributed by atoms with Gasteiger partial charge in [-0.25, -0.2) is 0 Å². The van der Waals surface area contributed by atoms with Crippen LogP contribution in [0.25, 0.3) is 0 Å². The summed E-state index contributed by atoms with van der Waals surface area (Å²) in [6, 6.07) is 14.5. The highest BCUT2D eigenvalue weighted by Crippen LogP contribution is 2.29. The molecule has 0 saturated carbocycles. The molecule has 0 unspecified atom stereocenters. The Hall–Kier alpha value is -2.67. The Kier molecular flexibility index (Phi) is 5.45. The van der Waals surface area contributed by atoms with E-state index in [1.165, 1.54) is 25.3 Å². The second-order valence-corrected chi connectivity index (χ2v) is 6.33. The summed E-state index contributed by atoms with van der Waals surface area (Å²) in [5.74, 6) is 0. The summed E-state index contributed by atoms with van der Waals surface area (Å²) in [5, 5.41) is 17.6. The Bertz CT molecular complexity index is 775. The van der Waals surface area contributed by atoms with E-state index in [2.05, 4.69) is 21.6 Å². The fourth-order valence-corrected chi connectivity index (χ4v) is 3.22. The van der Waals surface area contributed by atoms with Gasteiger partial charge in [0.15, 0.2) is 5.11 Å². The number of nitro groups is 1. The number of nitrogens with one attached hydrogen (secondary N) is 2. The van der Waals surface area contributed by atoms with Gasteiger partial charge in [0.25, 0.3) is 5.69 Å². The molecule has 130 valence electrons. The molecule has 0 radical (unpaired) electrons. The van der Waals surface area contributed by atoms with Gasteiger partial charge < -0.3 is 15.5 Å². The third kappa shape index (κ3) is 4.24. The number of piperidine rings is 1. The van der Waals surface area contributed by atoms with E-state index >= 15 is 0 Å². The summed E-state index contributed by atoms with van der Waals surface area (Å²) in [6.45, 7) is 2.06. The maximum atomic E-state index is 11.1. The van der Waals surface area contributed by atoms with Gasteiger partial charge in [0.2, 0.25) is 0 Å². The second kappa shape index (κ2) is 7.94. The third-order valence-corrected chi connectivity index (χ3v) is 4.40. The normalized spacial score (nSPS) is 14.0. The van der Waals surface area contributed by atoms with E-state index in [0.717, 1.165) is 24.5 Å². The van der Waals surface area contributed by atoms with E-state index in [0.29, 0.717) is 10.8 Å². The lowest BCUT2D eigenvalue weighted by molar-refractivity contribution is -0.383. The SMILES string of the molecule is O=[N+]([O-])c1ccccc1NC(=S)Nc1ccccc1N1CCCCC1. The average molecular weight is 356 g/mol. The van der Waals surface area contributed by atoms with Crippen LogP contribution >= 0.6 is 12.2 Å². The van der Waals surface area contributed by atoms with Gasteiger partial charge in [-0.3, -0.25) is 10.1 Å². The van der Waals surface area contributed by atoms with E-state index in [1.807, 2.05) is 18.2 Å². The monoisotopic (exact) mass is 356 g/mol. The van der Waals surface area contributed by atoms with E-state index in [1.54, 1.807) is 18.2 Å². The molecule has 0 aromatic heterocycles. The number of hydrogen-bond donors (Lipinski definition) is 2. The van der Waals surface area contributed by atoms with Crippen molar-refractivity contribution in [3.8, 4) is 0 Å². The highest BCUT2D eigenvalue weighted by Gasteiger charge is 2.16. The molecule has 0 bridgehead atoms. The molecule has 7 heteroatoms. The highest BCUT2D eigenvalue weighted by molar-refractivity contribution is 7.80. The molecule has 1 aliphatic rings. The van der Waals surface area contributed by atoms with Gasteiger partial charge in [-0.15, -0.1) is 0 Å². The molecular formula is C18H20N4O2S. The zero-order valence-electron chi connectivity index (χ0n) is 13.8. The molecule has 25 heavy (non-hydrogen) atoms. The second-order valence-electron chi connectivity index (χ2n) is 5.92. The quantitative estimate of drug-likeness (QED) is 0.481. The summed E-state index contributed by atoms with van der Waals surface area (Å²) >= 11 is 5.36. The number of thiocarbonyl (C=S) groups is 1. The molecule has 0 aliphatic carbocycles. The predicted molar refractivity (Wildman–Crippen MR) is 105 cm³/mol. The number of anilines is 3. The number of benzene rings is 2.